The number of hydrogen-bond acceptors (Lipinski definition) is 6. The Hall–Kier alpha value is -1.42. The van der Waals surface area contributed by atoms with Gasteiger partial charge in [0.05, 0.1) is 9.79 Å². The SMILES string of the molecule is NOS(=O)c1ccc(-c2ccc(S(=O)ON)cc2)cc1. The van der Waals surface area contributed by atoms with Crippen molar-refractivity contribution in [3.8, 4) is 11.1 Å². The lowest BCUT2D eigenvalue weighted by Crippen LogP contribution is -2.03. The van der Waals surface area contributed by atoms with Crippen LogP contribution >= 0.6 is 0 Å². The summed E-state index contributed by atoms with van der Waals surface area (Å²) in [5.41, 5.74) is 1.82. The minimum absolute atomic E-state index is 0.477. The third-order valence-electron chi connectivity index (χ3n) is 2.60. The molecule has 6 nitrogen and oxygen atoms in total. The van der Waals surface area contributed by atoms with Crippen LogP contribution in [0.1, 0.15) is 0 Å². The fraction of sp³-hybridized carbons (Fsp3) is 0. The van der Waals surface area contributed by atoms with Crippen LogP contribution < -0.4 is 11.8 Å². The molecule has 2 aromatic carbocycles. The van der Waals surface area contributed by atoms with Gasteiger partial charge in [-0.15, -0.1) is 0 Å². The topological polar surface area (TPSA) is 105 Å². The van der Waals surface area contributed by atoms with E-state index in [9.17, 15) is 8.42 Å². The van der Waals surface area contributed by atoms with Gasteiger partial charge >= 0.3 is 0 Å². The van der Waals surface area contributed by atoms with E-state index in [2.05, 4.69) is 8.57 Å². The second-order valence-electron chi connectivity index (χ2n) is 3.71. The maximum absolute atomic E-state index is 11.3. The molecule has 2 unspecified atom stereocenters. The zero-order chi connectivity index (χ0) is 14.5. The molecule has 2 aromatic rings. The highest BCUT2D eigenvalue weighted by molar-refractivity contribution is 7.80. The van der Waals surface area contributed by atoms with Crippen LogP contribution in [0.15, 0.2) is 58.3 Å². The van der Waals surface area contributed by atoms with Crippen molar-refractivity contribution in [2.45, 2.75) is 9.79 Å². The lowest BCUT2D eigenvalue weighted by Gasteiger charge is -2.04. The fourth-order valence-electron chi connectivity index (χ4n) is 1.63. The van der Waals surface area contributed by atoms with Crippen LogP contribution in [-0.4, -0.2) is 8.42 Å². The summed E-state index contributed by atoms with van der Waals surface area (Å²) < 4.78 is 31.1. The van der Waals surface area contributed by atoms with Crippen LogP contribution in [0.25, 0.3) is 11.1 Å². The smallest absolute Gasteiger partial charge is 0.206 e. The second kappa shape index (κ2) is 6.84. The molecule has 106 valence electrons. The molecule has 0 aliphatic carbocycles. The average molecular weight is 312 g/mol. The molecule has 0 amide bonds. The van der Waals surface area contributed by atoms with Gasteiger partial charge in [0.1, 0.15) is 0 Å². The Bertz CT molecular complexity index is 571. The van der Waals surface area contributed by atoms with Crippen LogP contribution in [0.5, 0.6) is 0 Å². The zero-order valence-corrected chi connectivity index (χ0v) is 11.9. The molecule has 0 aliphatic rings. The monoisotopic (exact) mass is 312 g/mol. The largest absolute Gasteiger partial charge is 0.223 e. The number of nitrogens with two attached hydrogens (primary N) is 2. The first-order valence-corrected chi connectivity index (χ1v) is 7.59. The van der Waals surface area contributed by atoms with Gasteiger partial charge in [0.15, 0.2) is 0 Å². The first-order chi connectivity index (χ1) is 9.65. The molecule has 2 atom stereocenters. The Morgan fingerprint density at radius 3 is 1.20 bits per heavy atom. The van der Waals surface area contributed by atoms with Crippen LogP contribution in [0.2, 0.25) is 0 Å². The molecule has 0 fully saturated rings. The average Bonchev–Trinajstić information content (AvgIpc) is 2.53. The summed E-state index contributed by atoms with van der Waals surface area (Å²) in [6, 6.07) is 13.8. The van der Waals surface area contributed by atoms with E-state index in [0.717, 1.165) is 11.1 Å². The number of rotatable bonds is 5. The molecule has 0 spiro atoms. The van der Waals surface area contributed by atoms with Crippen molar-refractivity contribution < 1.29 is 17.0 Å². The number of hydrogen-bond donors (Lipinski definition) is 2. The molecule has 0 heterocycles. The Balaban J connectivity index is 2.23. The van der Waals surface area contributed by atoms with Crippen molar-refractivity contribution >= 4 is 22.2 Å². The van der Waals surface area contributed by atoms with E-state index >= 15 is 0 Å². The van der Waals surface area contributed by atoms with Gasteiger partial charge in [-0.3, -0.25) is 0 Å². The van der Waals surface area contributed by atoms with Gasteiger partial charge in [0.2, 0.25) is 22.2 Å². The fourth-order valence-corrected chi connectivity index (χ4v) is 2.57. The lowest BCUT2D eigenvalue weighted by molar-refractivity contribution is 0.366. The van der Waals surface area contributed by atoms with Crippen molar-refractivity contribution in [3.05, 3.63) is 48.5 Å². The number of benzene rings is 2. The van der Waals surface area contributed by atoms with E-state index in [1.54, 1.807) is 48.5 Å². The van der Waals surface area contributed by atoms with Gasteiger partial charge in [-0.1, -0.05) is 24.3 Å². The van der Waals surface area contributed by atoms with Crippen molar-refractivity contribution in [1.82, 2.24) is 0 Å². The third-order valence-corrected chi connectivity index (χ3v) is 4.27. The van der Waals surface area contributed by atoms with Gasteiger partial charge in [0.25, 0.3) is 0 Å². The van der Waals surface area contributed by atoms with Gasteiger partial charge in [-0.2, -0.15) is 20.4 Å². The summed E-state index contributed by atoms with van der Waals surface area (Å²) in [6.07, 6.45) is 0. The Labute approximate surface area is 120 Å². The van der Waals surface area contributed by atoms with E-state index in [-0.39, 0.29) is 0 Å². The molecule has 4 N–H and O–H groups in total. The van der Waals surface area contributed by atoms with E-state index in [1.165, 1.54) is 0 Å². The summed E-state index contributed by atoms with van der Waals surface area (Å²) in [5.74, 6) is 9.72. The molecule has 8 heteroatoms. The highest BCUT2D eigenvalue weighted by atomic mass is 32.2. The lowest BCUT2D eigenvalue weighted by atomic mass is 10.1. The van der Waals surface area contributed by atoms with E-state index in [4.69, 9.17) is 11.8 Å². The first-order valence-electron chi connectivity index (χ1n) is 5.44. The predicted octanol–water partition coefficient (Wildman–Crippen LogP) is 1.18. The van der Waals surface area contributed by atoms with Gasteiger partial charge in [-0.05, 0) is 35.4 Å². The van der Waals surface area contributed by atoms with Crippen LogP contribution in [0, 0.1) is 0 Å². The maximum atomic E-state index is 11.3. The summed E-state index contributed by atoms with van der Waals surface area (Å²) in [7, 11) is 0. The molecule has 0 bridgehead atoms. The minimum Gasteiger partial charge on any atom is -0.223 e. The molecular formula is C12H12N2O4S2. The molecule has 2 rings (SSSR count). The third kappa shape index (κ3) is 3.37. The summed E-state index contributed by atoms with van der Waals surface area (Å²) in [4.78, 5) is 0.955. The Morgan fingerprint density at radius 1 is 0.650 bits per heavy atom. The maximum Gasteiger partial charge on any atom is 0.206 e. The minimum atomic E-state index is -1.66. The zero-order valence-electron chi connectivity index (χ0n) is 10.2. The van der Waals surface area contributed by atoms with Crippen molar-refractivity contribution in [3.63, 3.8) is 0 Å². The molecule has 20 heavy (non-hydrogen) atoms. The van der Waals surface area contributed by atoms with Crippen LogP contribution in [0.3, 0.4) is 0 Å². The molecular weight excluding hydrogens is 300 g/mol. The molecule has 0 aliphatic heterocycles. The molecule has 0 aromatic heterocycles. The van der Waals surface area contributed by atoms with Crippen molar-refractivity contribution in [2.24, 2.45) is 11.8 Å². The van der Waals surface area contributed by atoms with Gasteiger partial charge < -0.3 is 0 Å². The highest BCUT2D eigenvalue weighted by Crippen LogP contribution is 2.22. The molecule has 0 saturated carbocycles. The van der Waals surface area contributed by atoms with Gasteiger partial charge in [-0.25, -0.2) is 8.42 Å². The quantitative estimate of drug-likeness (QED) is 0.803. The summed E-state index contributed by atoms with van der Waals surface area (Å²) >= 11 is -3.32. The van der Waals surface area contributed by atoms with E-state index in [0.29, 0.717) is 9.79 Å². The van der Waals surface area contributed by atoms with Crippen LogP contribution in [-0.2, 0) is 30.7 Å². The van der Waals surface area contributed by atoms with Crippen LogP contribution in [0.4, 0.5) is 0 Å². The van der Waals surface area contributed by atoms with Crippen molar-refractivity contribution in [1.29, 1.82) is 0 Å². The summed E-state index contributed by atoms with van der Waals surface area (Å²) in [5, 5.41) is 0. The Morgan fingerprint density at radius 2 is 0.950 bits per heavy atom. The normalized spacial score (nSPS) is 13.9. The Kier molecular flexibility index (Phi) is 5.12. The van der Waals surface area contributed by atoms with E-state index in [1.807, 2.05) is 0 Å². The highest BCUT2D eigenvalue weighted by Gasteiger charge is 2.06. The first kappa shape index (κ1) is 15.0. The molecule has 0 radical (unpaired) electrons. The van der Waals surface area contributed by atoms with Gasteiger partial charge in [0, 0.05) is 0 Å². The van der Waals surface area contributed by atoms with Crippen molar-refractivity contribution in [2.75, 3.05) is 0 Å². The summed E-state index contributed by atoms with van der Waals surface area (Å²) in [6.45, 7) is 0. The standard InChI is InChI=1S/C12H12N2O4S2/c13-17-19(15)11-5-1-9(2-6-11)10-3-7-12(8-4-10)20(16)18-14/h1-8H,13-14H2. The second-order valence-corrected chi connectivity index (χ2v) is 5.98. The molecule has 0 saturated heterocycles. The predicted molar refractivity (Wildman–Crippen MR) is 75.2 cm³/mol. The van der Waals surface area contributed by atoms with E-state index < -0.39 is 22.2 Å².